The molecule has 2 aromatic carbocycles. The van der Waals surface area contributed by atoms with Gasteiger partial charge in [0.15, 0.2) is 0 Å². The summed E-state index contributed by atoms with van der Waals surface area (Å²) >= 11 is 7.68. The van der Waals surface area contributed by atoms with Gasteiger partial charge in [0, 0.05) is 40.7 Å². The van der Waals surface area contributed by atoms with E-state index in [0.29, 0.717) is 47.4 Å². The molecule has 190 valence electrons. The number of amides is 1. The molecule has 0 bridgehead atoms. The molecule has 5 rings (SSSR count). The van der Waals surface area contributed by atoms with Crippen LogP contribution in [0.2, 0.25) is 5.02 Å². The number of aromatic nitrogens is 3. The Morgan fingerprint density at radius 3 is 2.65 bits per heavy atom. The van der Waals surface area contributed by atoms with Gasteiger partial charge in [-0.15, -0.1) is 11.3 Å². The largest absolute Gasteiger partial charge is 0.481 e. The van der Waals surface area contributed by atoms with Gasteiger partial charge in [-0.25, -0.2) is 15.0 Å². The number of aliphatic carboxylic acids is 1. The summed E-state index contributed by atoms with van der Waals surface area (Å²) in [4.78, 5) is 40.8. The minimum atomic E-state index is -0.806. The lowest BCUT2D eigenvalue weighted by atomic mass is 10.0. The highest BCUT2D eigenvalue weighted by atomic mass is 35.5. The molecule has 1 amide bonds. The highest BCUT2D eigenvalue weighted by Crippen LogP contribution is 2.34. The molecule has 0 spiro atoms. The number of carboxylic acids is 1. The van der Waals surface area contributed by atoms with Crippen molar-refractivity contribution in [1.82, 2.24) is 19.9 Å². The lowest BCUT2D eigenvalue weighted by Crippen LogP contribution is -2.38. The number of carbonyl (C=O) groups excluding carboxylic acids is 1. The van der Waals surface area contributed by atoms with Crippen LogP contribution in [0.15, 0.2) is 54.0 Å². The van der Waals surface area contributed by atoms with Crippen LogP contribution in [-0.2, 0) is 11.2 Å². The van der Waals surface area contributed by atoms with E-state index in [4.69, 9.17) is 26.7 Å². The summed E-state index contributed by atoms with van der Waals surface area (Å²) in [7, 11) is 0. The minimum absolute atomic E-state index is 0.000100. The van der Waals surface area contributed by atoms with Gasteiger partial charge in [-0.05, 0) is 68.9 Å². The molecule has 1 N–H and O–H groups in total. The number of halogens is 1. The number of rotatable bonds is 8. The monoisotopic (exact) mass is 534 g/mol. The van der Waals surface area contributed by atoms with Crippen molar-refractivity contribution in [2.45, 2.75) is 51.0 Å². The number of hydrogen-bond donors (Lipinski definition) is 1. The molecular formula is C28H27ClN4O3S. The zero-order chi connectivity index (χ0) is 25.8. The number of carbonyl (C=O) groups is 2. The van der Waals surface area contributed by atoms with Crippen LogP contribution >= 0.6 is 22.9 Å². The number of thiazole rings is 1. The van der Waals surface area contributed by atoms with Gasteiger partial charge in [-0.3, -0.25) is 9.59 Å². The number of fused-ring (bicyclic) bond motifs is 1. The number of aryl methyl sites for hydroxylation is 1. The molecule has 1 aliphatic rings. The highest BCUT2D eigenvalue weighted by Gasteiger charge is 2.30. The van der Waals surface area contributed by atoms with Crippen LogP contribution in [-0.4, -0.2) is 43.4 Å². The van der Waals surface area contributed by atoms with Crippen molar-refractivity contribution in [1.29, 1.82) is 0 Å². The molecule has 1 saturated heterocycles. The quantitative estimate of drug-likeness (QED) is 0.257. The lowest BCUT2D eigenvalue weighted by Gasteiger charge is -2.34. The van der Waals surface area contributed by atoms with Gasteiger partial charge in [-0.2, -0.15) is 0 Å². The van der Waals surface area contributed by atoms with Crippen molar-refractivity contribution in [2.75, 3.05) is 6.54 Å². The fraction of sp³-hybridized carbons (Fsp3) is 0.321. The van der Waals surface area contributed by atoms with E-state index in [-0.39, 0.29) is 18.4 Å². The Balaban J connectivity index is 1.48. The van der Waals surface area contributed by atoms with Crippen LogP contribution in [0.3, 0.4) is 0 Å². The van der Waals surface area contributed by atoms with Gasteiger partial charge in [-0.1, -0.05) is 23.7 Å². The number of carboxylic acid groups (broad SMARTS) is 1. The standard InChI is InChI=1S/C28H27ClN4O3S/c29-20-11-8-18(9-12-20)26-22(5-1-2-7-25(34)35)31-23-17-19(10-13-21(23)32-26)28(36)33-15-4-3-6-24(33)27-30-14-16-37-27/h8-14,16-17,24H,1-7,15H2,(H,34,35). The van der Waals surface area contributed by atoms with Crippen molar-refractivity contribution in [3.8, 4) is 11.3 Å². The summed E-state index contributed by atoms with van der Waals surface area (Å²) in [5.41, 5.74) is 4.36. The van der Waals surface area contributed by atoms with E-state index >= 15 is 0 Å². The summed E-state index contributed by atoms with van der Waals surface area (Å²) in [6.45, 7) is 0.705. The molecule has 1 aliphatic heterocycles. The van der Waals surface area contributed by atoms with E-state index in [0.717, 1.165) is 41.2 Å². The summed E-state index contributed by atoms with van der Waals surface area (Å²) in [6, 6.07) is 12.9. The van der Waals surface area contributed by atoms with E-state index < -0.39 is 5.97 Å². The van der Waals surface area contributed by atoms with Gasteiger partial charge >= 0.3 is 5.97 Å². The second-order valence-corrected chi connectivity index (χ2v) is 10.6. The van der Waals surface area contributed by atoms with Gasteiger partial charge in [0.1, 0.15) is 5.01 Å². The van der Waals surface area contributed by atoms with Gasteiger partial charge < -0.3 is 10.0 Å². The molecule has 9 heteroatoms. The Morgan fingerprint density at radius 1 is 1.05 bits per heavy atom. The van der Waals surface area contributed by atoms with E-state index in [2.05, 4.69) is 4.98 Å². The number of unbranched alkanes of at least 4 members (excludes halogenated alkanes) is 1. The first-order chi connectivity index (χ1) is 18.0. The van der Waals surface area contributed by atoms with Crippen molar-refractivity contribution in [3.05, 3.63) is 75.3 Å². The molecule has 1 fully saturated rings. The molecule has 1 unspecified atom stereocenters. The number of likely N-dealkylation sites (tertiary alicyclic amines) is 1. The minimum Gasteiger partial charge on any atom is -0.481 e. The summed E-state index contributed by atoms with van der Waals surface area (Å²) < 4.78 is 0. The number of benzene rings is 2. The molecule has 4 aromatic rings. The fourth-order valence-corrected chi connectivity index (χ4v) is 5.71. The summed E-state index contributed by atoms with van der Waals surface area (Å²) in [5.74, 6) is -0.826. The lowest BCUT2D eigenvalue weighted by molar-refractivity contribution is -0.137. The maximum Gasteiger partial charge on any atom is 0.303 e. The number of nitrogens with zero attached hydrogens (tertiary/aromatic N) is 4. The Morgan fingerprint density at radius 2 is 1.89 bits per heavy atom. The first-order valence-corrected chi connectivity index (χ1v) is 13.7. The topological polar surface area (TPSA) is 96.3 Å². The van der Waals surface area contributed by atoms with Crippen molar-refractivity contribution in [3.63, 3.8) is 0 Å². The fourth-order valence-electron chi connectivity index (χ4n) is 4.80. The molecule has 7 nitrogen and oxygen atoms in total. The van der Waals surface area contributed by atoms with Crippen LogP contribution in [0.25, 0.3) is 22.3 Å². The molecular weight excluding hydrogens is 508 g/mol. The molecule has 2 aromatic heterocycles. The Labute approximate surface area is 224 Å². The third-order valence-corrected chi connectivity index (χ3v) is 7.78. The molecule has 37 heavy (non-hydrogen) atoms. The van der Waals surface area contributed by atoms with Gasteiger partial charge in [0.05, 0.1) is 28.5 Å². The average Bonchev–Trinajstić information content (AvgIpc) is 3.45. The molecule has 0 saturated carbocycles. The maximum atomic E-state index is 13.6. The van der Waals surface area contributed by atoms with Crippen molar-refractivity contribution >= 4 is 45.8 Å². The summed E-state index contributed by atoms with van der Waals surface area (Å²) in [6.07, 6.45) is 6.70. The van der Waals surface area contributed by atoms with Crippen LogP contribution < -0.4 is 0 Å². The third kappa shape index (κ3) is 5.81. The Bertz CT molecular complexity index is 1410. The number of piperidine rings is 1. The van der Waals surface area contributed by atoms with Gasteiger partial charge in [0.2, 0.25) is 0 Å². The molecule has 3 heterocycles. The van der Waals surface area contributed by atoms with E-state index in [1.54, 1.807) is 17.5 Å². The van der Waals surface area contributed by atoms with Crippen molar-refractivity contribution in [2.24, 2.45) is 0 Å². The first kappa shape index (κ1) is 25.3. The smallest absolute Gasteiger partial charge is 0.303 e. The Hall–Kier alpha value is -3.36. The van der Waals surface area contributed by atoms with E-state index in [9.17, 15) is 9.59 Å². The van der Waals surface area contributed by atoms with Crippen molar-refractivity contribution < 1.29 is 14.7 Å². The summed E-state index contributed by atoms with van der Waals surface area (Å²) in [5, 5.41) is 12.6. The van der Waals surface area contributed by atoms with Crippen LogP contribution in [0.1, 0.15) is 65.6 Å². The van der Waals surface area contributed by atoms with Crippen LogP contribution in [0, 0.1) is 0 Å². The Kier molecular flexibility index (Phi) is 7.76. The zero-order valence-electron chi connectivity index (χ0n) is 20.3. The average molecular weight is 535 g/mol. The van der Waals surface area contributed by atoms with Gasteiger partial charge in [0.25, 0.3) is 5.91 Å². The molecule has 0 aliphatic carbocycles. The second kappa shape index (κ2) is 11.4. The van der Waals surface area contributed by atoms with Crippen LogP contribution in [0.5, 0.6) is 0 Å². The predicted molar refractivity (Wildman–Crippen MR) is 145 cm³/mol. The first-order valence-electron chi connectivity index (χ1n) is 12.5. The second-order valence-electron chi connectivity index (χ2n) is 9.21. The SMILES string of the molecule is O=C(O)CCCCc1nc2cc(C(=O)N3CCCCC3c3nccs3)ccc2nc1-c1ccc(Cl)cc1. The zero-order valence-corrected chi connectivity index (χ0v) is 21.8. The van der Waals surface area contributed by atoms with Crippen LogP contribution in [0.4, 0.5) is 0 Å². The molecule has 0 radical (unpaired) electrons. The van der Waals surface area contributed by atoms with E-state index in [1.807, 2.05) is 52.7 Å². The molecule has 1 atom stereocenters. The normalized spacial score (nSPS) is 15.7. The predicted octanol–water partition coefficient (Wildman–Crippen LogP) is 6.57. The van der Waals surface area contributed by atoms with E-state index in [1.165, 1.54) is 0 Å². The number of hydrogen-bond acceptors (Lipinski definition) is 6. The third-order valence-electron chi connectivity index (χ3n) is 6.66. The highest BCUT2D eigenvalue weighted by molar-refractivity contribution is 7.09. The maximum absolute atomic E-state index is 13.6.